The second-order valence-electron chi connectivity index (χ2n) is 5.80. The van der Waals surface area contributed by atoms with Crippen molar-refractivity contribution in [2.24, 2.45) is 0 Å². The first-order valence-electron chi connectivity index (χ1n) is 8.24. The van der Waals surface area contributed by atoms with E-state index in [9.17, 15) is 9.59 Å². The molecule has 130 valence electrons. The Kier molecular flexibility index (Phi) is 5.23. The van der Waals surface area contributed by atoms with Gasteiger partial charge in [-0.3, -0.25) is 4.79 Å². The van der Waals surface area contributed by atoms with Crippen LogP contribution in [0.3, 0.4) is 0 Å². The van der Waals surface area contributed by atoms with Crippen LogP contribution in [0, 0.1) is 0 Å². The summed E-state index contributed by atoms with van der Waals surface area (Å²) in [4.78, 5) is 34.5. The average molecular weight is 340 g/mol. The van der Waals surface area contributed by atoms with E-state index in [-0.39, 0.29) is 5.91 Å². The summed E-state index contributed by atoms with van der Waals surface area (Å²) in [6, 6.07) is 8.57. The van der Waals surface area contributed by atoms with E-state index < -0.39 is 5.97 Å². The van der Waals surface area contributed by atoms with Gasteiger partial charge in [-0.05, 0) is 31.4 Å². The van der Waals surface area contributed by atoms with E-state index in [1.165, 1.54) is 13.4 Å². The molecule has 1 aromatic carbocycles. The summed E-state index contributed by atoms with van der Waals surface area (Å²) >= 11 is 0. The molecule has 3 rings (SSSR count). The van der Waals surface area contributed by atoms with Gasteiger partial charge in [0.2, 0.25) is 0 Å². The second kappa shape index (κ2) is 7.74. The summed E-state index contributed by atoms with van der Waals surface area (Å²) in [6.07, 6.45) is 4.55. The van der Waals surface area contributed by atoms with Crippen molar-refractivity contribution in [1.29, 1.82) is 0 Å². The summed E-state index contributed by atoms with van der Waals surface area (Å²) in [6.45, 7) is 1.52. The van der Waals surface area contributed by atoms with E-state index in [4.69, 9.17) is 4.74 Å². The molecule has 0 bridgehead atoms. The second-order valence-corrected chi connectivity index (χ2v) is 5.80. The molecule has 2 heterocycles. The summed E-state index contributed by atoms with van der Waals surface area (Å²) in [5, 5.41) is 3.06. The van der Waals surface area contributed by atoms with Gasteiger partial charge in [0, 0.05) is 19.2 Å². The van der Waals surface area contributed by atoms with Gasteiger partial charge in [-0.15, -0.1) is 0 Å². The molecule has 1 aliphatic rings. The van der Waals surface area contributed by atoms with E-state index in [0.29, 0.717) is 22.8 Å². The Balaban J connectivity index is 1.81. The monoisotopic (exact) mass is 340 g/mol. The molecule has 0 unspecified atom stereocenters. The first-order chi connectivity index (χ1) is 12.2. The first-order valence-corrected chi connectivity index (χ1v) is 8.24. The van der Waals surface area contributed by atoms with Gasteiger partial charge < -0.3 is 15.0 Å². The van der Waals surface area contributed by atoms with Gasteiger partial charge in [0.15, 0.2) is 0 Å². The number of carbonyl (C=O) groups is 2. The fraction of sp³-hybridized carbons (Fsp3) is 0.333. The van der Waals surface area contributed by atoms with Crippen LogP contribution in [0.1, 0.15) is 40.1 Å². The van der Waals surface area contributed by atoms with Crippen molar-refractivity contribution in [2.45, 2.75) is 19.3 Å². The molecule has 2 aromatic rings. The lowest BCUT2D eigenvalue weighted by atomic mass is 10.1. The van der Waals surface area contributed by atoms with Gasteiger partial charge in [0.05, 0.1) is 18.4 Å². The minimum absolute atomic E-state index is 0.0913. The number of esters is 1. The number of para-hydroxylation sites is 1. The average Bonchev–Trinajstić information content (AvgIpc) is 2.68. The number of nitrogens with one attached hydrogen (secondary N) is 1. The molecular weight excluding hydrogens is 320 g/mol. The lowest BCUT2D eigenvalue weighted by Crippen LogP contribution is -2.36. The van der Waals surface area contributed by atoms with Gasteiger partial charge in [-0.2, -0.15) is 0 Å². The van der Waals surface area contributed by atoms with Crippen LogP contribution in [0.4, 0.5) is 11.5 Å². The van der Waals surface area contributed by atoms with Crippen LogP contribution in [0.2, 0.25) is 0 Å². The molecule has 1 aromatic heterocycles. The van der Waals surface area contributed by atoms with Crippen molar-refractivity contribution < 1.29 is 14.3 Å². The molecule has 7 nitrogen and oxygen atoms in total. The number of nitrogens with zero attached hydrogens (tertiary/aromatic N) is 3. The maximum atomic E-state index is 12.6. The zero-order valence-electron chi connectivity index (χ0n) is 14.1. The summed E-state index contributed by atoms with van der Waals surface area (Å²) in [7, 11) is 1.33. The van der Waals surface area contributed by atoms with Crippen LogP contribution in [0.25, 0.3) is 0 Å². The SMILES string of the molecule is COC(=O)c1ccccc1Nc1cc(C(=O)N2CCCCC2)ncn1. The van der Waals surface area contributed by atoms with Crippen LogP contribution in [-0.2, 0) is 4.74 Å². The van der Waals surface area contributed by atoms with E-state index in [2.05, 4.69) is 15.3 Å². The number of benzene rings is 1. The number of rotatable bonds is 4. The summed E-state index contributed by atoms with van der Waals surface area (Å²) in [5.74, 6) is -0.0834. The third kappa shape index (κ3) is 3.93. The molecule has 25 heavy (non-hydrogen) atoms. The van der Waals surface area contributed by atoms with Gasteiger partial charge in [0.25, 0.3) is 5.91 Å². The Morgan fingerprint density at radius 3 is 2.64 bits per heavy atom. The normalized spacial score (nSPS) is 14.0. The molecule has 0 atom stereocenters. The van der Waals surface area contributed by atoms with Gasteiger partial charge in [-0.25, -0.2) is 14.8 Å². The number of methoxy groups -OCH3 is 1. The van der Waals surface area contributed by atoms with Crippen molar-refractivity contribution in [2.75, 3.05) is 25.5 Å². The van der Waals surface area contributed by atoms with Gasteiger partial charge in [0.1, 0.15) is 17.8 Å². The first kappa shape index (κ1) is 16.9. The maximum absolute atomic E-state index is 12.6. The fourth-order valence-corrected chi connectivity index (χ4v) is 2.82. The van der Waals surface area contributed by atoms with Gasteiger partial charge >= 0.3 is 5.97 Å². The van der Waals surface area contributed by atoms with Crippen molar-refractivity contribution in [1.82, 2.24) is 14.9 Å². The number of aromatic nitrogens is 2. The van der Waals surface area contributed by atoms with Crippen LogP contribution in [0.15, 0.2) is 36.7 Å². The highest BCUT2D eigenvalue weighted by Gasteiger charge is 2.20. The Bertz CT molecular complexity index is 772. The van der Waals surface area contributed by atoms with Crippen LogP contribution in [0.5, 0.6) is 0 Å². The lowest BCUT2D eigenvalue weighted by molar-refractivity contribution is 0.0601. The lowest BCUT2D eigenvalue weighted by Gasteiger charge is -2.26. The highest BCUT2D eigenvalue weighted by molar-refractivity contribution is 5.97. The number of likely N-dealkylation sites (tertiary alicyclic amines) is 1. The quantitative estimate of drug-likeness (QED) is 0.861. The number of hydrogen-bond acceptors (Lipinski definition) is 6. The minimum Gasteiger partial charge on any atom is -0.465 e. The van der Waals surface area contributed by atoms with E-state index >= 15 is 0 Å². The summed E-state index contributed by atoms with van der Waals surface area (Å²) in [5.41, 5.74) is 1.30. The smallest absolute Gasteiger partial charge is 0.339 e. The van der Waals surface area contributed by atoms with Crippen LogP contribution in [-0.4, -0.2) is 46.9 Å². The summed E-state index contributed by atoms with van der Waals surface area (Å²) < 4.78 is 4.78. The standard InChI is InChI=1S/C18H20N4O3/c1-25-18(24)13-7-3-4-8-14(13)21-16-11-15(19-12-20-16)17(23)22-9-5-2-6-10-22/h3-4,7-8,11-12H,2,5-6,9-10H2,1H3,(H,19,20,21). The third-order valence-corrected chi connectivity index (χ3v) is 4.12. The highest BCUT2D eigenvalue weighted by atomic mass is 16.5. The maximum Gasteiger partial charge on any atom is 0.339 e. The largest absolute Gasteiger partial charge is 0.465 e. The van der Waals surface area contributed by atoms with E-state index in [0.717, 1.165) is 32.4 Å². The number of ether oxygens (including phenoxy) is 1. The highest BCUT2D eigenvalue weighted by Crippen LogP contribution is 2.21. The minimum atomic E-state index is -0.443. The molecule has 0 saturated carbocycles. The zero-order valence-corrected chi connectivity index (χ0v) is 14.1. The molecule has 1 saturated heterocycles. The Morgan fingerprint density at radius 2 is 1.88 bits per heavy atom. The molecule has 1 aliphatic heterocycles. The third-order valence-electron chi connectivity index (χ3n) is 4.12. The molecular formula is C18H20N4O3. The predicted molar refractivity (Wildman–Crippen MR) is 92.9 cm³/mol. The fourth-order valence-electron chi connectivity index (χ4n) is 2.82. The molecule has 0 aliphatic carbocycles. The molecule has 1 fully saturated rings. The molecule has 0 spiro atoms. The van der Waals surface area contributed by atoms with E-state index in [1.807, 2.05) is 4.90 Å². The molecule has 1 N–H and O–H groups in total. The van der Waals surface area contributed by atoms with Crippen molar-refractivity contribution >= 4 is 23.4 Å². The number of piperidine rings is 1. The van der Waals surface area contributed by atoms with Crippen molar-refractivity contribution in [3.8, 4) is 0 Å². The molecule has 7 heteroatoms. The van der Waals surface area contributed by atoms with Crippen LogP contribution >= 0.6 is 0 Å². The number of carbonyl (C=O) groups excluding carboxylic acids is 2. The van der Waals surface area contributed by atoms with Crippen molar-refractivity contribution in [3.63, 3.8) is 0 Å². The van der Waals surface area contributed by atoms with Crippen LogP contribution < -0.4 is 5.32 Å². The number of hydrogen-bond donors (Lipinski definition) is 1. The predicted octanol–water partition coefficient (Wildman–Crippen LogP) is 2.63. The molecule has 0 radical (unpaired) electrons. The number of anilines is 2. The van der Waals surface area contributed by atoms with E-state index in [1.54, 1.807) is 30.3 Å². The van der Waals surface area contributed by atoms with Crippen molar-refractivity contribution in [3.05, 3.63) is 47.9 Å². The van der Waals surface area contributed by atoms with Gasteiger partial charge in [-0.1, -0.05) is 12.1 Å². The Morgan fingerprint density at radius 1 is 1.12 bits per heavy atom. The Labute approximate surface area is 146 Å². The molecule has 1 amide bonds. The topological polar surface area (TPSA) is 84.4 Å². The Hall–Kier alpha value is -2.96. The number of amides is 1. The zero-order chi connectivity index (χ0) is 17.6.